The van der Waals surface area contributed by atoms with Gasteiger partial charge in [0.25, 0.3) is 0 Å². The van der Waals surface area contributed by atoms with Gasteiger partial charge >= 0.3 is 0 Å². The molecule has 5 heteroatoms. The highest BCUT2D eigenvalue weighted by Gasteiger charge is 2.23. The third kappa shape index (κ3) is 5.24. The minimum atomic E-state index is 0.0446. The number of piperazine rings is 1. The molecular weight excluding hydrogens is 358 g/mol. The summed E-state index contributed by atoms with van der Waals surface area (Å²) in [6.07, 6.45) is 0. The van der Waals surface area contributed by atoms with Gasteiger partial charge in [-0.15, -0.1) is 0 Å². The molecule has 0 aromatic heterocycles. The number of para-hydroxylation sites is 1. The van der Waals surface area contributed by atoms with E-state index in [-0.39, 0.29) is 11.9 Å². The Hall–Kier alpha value is -2.04. The molecule has 1 unspecified atom stereocenters. The fraction of sp³-hybridized carbons (Fsp3) is 0.409. The molecule has 3 rings (SSSR count). The Morgan fingerprint density at radius 1 is 1.00 bits per heavy atom. The molecule has 1 aliphatic heterocycles. The largest absolute Gasteiger partial charge is 0.368 e. The molecule has 0 bridgehead atoms. The zero-order chi connectivity index (χ0) is 19.2. The normalized spacial score (nSPS) is 16.4. The van der Waals surface area contributed by atoms with E-state index >= 15 is 0 Å². The number of hydrogen-bond donors (Lipinski definition) is 1. The first-order valence-corrected chi connectivity index (χ1v) is 9.98. The van der Waals surface area contributed by atoms with Crippen molar-refractivity contribution in [3.63, 3.8) is 0 Å². The summed E-state index contributed by atoms with van der Waals surface area (Å²) in [4.78, 5) is 17.1. The number of hydrogen-bond acceptors (Lipinski definition) is 3. The summed E-state index contributed by atoms with van der Waals surface area (Å²) in [6.45, 7) is 8.19. The average Bonchev–Trinajstić information content (AvgIpc) is 2.68. The number of nitrogens with zero attached hydrogens (tertiary/aromatic N) is 2. The SMILES string of the molecule is CC(C)C(NC(=O)CN1CCN(c2ccccc2Cl)CC1)c1ccccc1. The van der Waals surface area contributed by atoms with Crippen molar-refractivity contribution in [2.45, 2.75) is 19.9 Å². The van der Waals surface area contributed by atoms with Crippen molar-refractivity contribution in [2.75, 3.05) is 37.6 Å². The summed E-state index contributed by atoms with van der Waals surface area (Å²) in [6, 6.07) is 18.2. The third-order valence-electron chi connectivity index (χ3n) is 5.07. The van der Waals surface area contributed by atoms with Crippen molar-refractivity contribution < 1.29 is 4.79 Å². The van der Waals surface area contributed by atoms with Gasteiger partial charge in [0.2, 0.25) is 5.91 Å². The monoisotopic (exact) mass is 385 g/mol. The summed E-state index contributed by atoms with van der Waals surface area (Å²) in [5.41, 5.74) is 2.23. The smallest absolute Gasteiger partial charge is 0.234 e. The van der Waals surface area contributed by atoms with Crippen molar-refractivity contribution in [1.29, 1.82) is 0 Å². The van der Waals surface area contributed by atoms with Gasteiger partial charge in [0.05, 0.1) is 23.3 Å². The van der Waals surface area contributed by atoms with E-state index in [0.717, 1.165) is 42.5 Å². The van der Waals surface area contributed by atoms with Crippen molar-refractivity contribution in [3.8, 4) is 0 Å². The van der Waals surface area contributed by atoms with Crippen LogP contribution in [-0.4, -0.2) is 43.5 Å². The number of carbonyl (C=O) groups is 1. The molecule has 1 saturated heterocycles. The number of benzene rings is 2. The van der Waals surface area contributed by atoms with Gasteiger partial charge in [-0.25, -0.2) is 0 Å². The number of carbonyl (C=O) groups excluding carboxylic acids is 1. The second kappa shape index (κ2) is 9.25. The lowest BCUT2D eigenvalue weighted by Crippen LogP contribution is -2.50. The van der Waals surface area contributed by atoms with Gasteiger partial charge in [0.1, 0.15) is 0 Å². The Morgan fingerprint density at radius 2 is 1.63 bits per heavy atom. The molecule has 0 aliphatic carbocycles. The van der Waals surface area contributed by atoms with E-state index in [0.29, 0.717) is 12.5 Å². The van der Waals surface area contributed by atoms with Crippen molar-refractivity contribution in [3.05, 3.63) is 65.2 Å². The molecule has 2 aromatic rings. The topological polar surface area (TPSA) is 35.6 Å². The standard InChI is InChI=1S/C22H28ClN3O/c1-17(2)22(18-8-4-3-5-9-18)24-21(27)16-25-12-14-26(15-13-25)20-11-7-6-10-19(20)23/h3-11,17,22H,12-16H2,1-2H3,(H,24,27). The summed E-state index contributed by atoms with van der Waals surface area (Å²) in [5.74, 6) is 0.428. The average molecular weight is 386 g/mol. The molecule has 4 nitrogen and oxygen atoms in total. The van der Waals surface area contributed by atoms with Crippen LogP contribution < -0.4 is 10.2 Å². The van der Waals surface area contributed by atoms with Crippen LogP contribution in [-0.2, 0) is 4.79 Å². The Balaban J connectivity index is 1.52. The van der Waals surface area contributed by atoms with Crippen LogP contribution in [0.5, 0.6) is 0 Å². The molecular formula is C22H28ClN3O. The highest BCUT2D eigenvalue weighted by Crippen LogP contribution is 2.26. The Morgan fingerprint density at radius 3 is 2.26 bits per heavy atom. The summed E-state index contributed by atoms with van der Waals surface area (Å²) < 4.78 is 0. The van der Waals surface area contributed by atoms with Gasteiger partial charge in [0, 0.05) is 26.2 Å². The molecule has 1 aliphatic rings. The Labute approximate surface area is 167 Å². The van der Waals surface area contributed by atoms with E-state index in [1.165, 1.54) is 0 Å². The van der Waals surface area contributed by atoms with Gasteiger partial charge in [-0.3, -0.25) is 9.69 Å². The highest BCUT2D eigenvalue weighted by molar-refractivity contribution is 6.33. The maximum absolute atomic E-state index is 12.6. The first-order valence-electron chi connectivity index (χ1n) is 9.60. The van der Waals surface area contributed by atoms with E-state index in [2.05, 4.69) is 47.2 Å². The minimum Gasteiger partial charge on any atom is -0.368 e. The van der Waals surface area contributed by atoms with Gasteiger partial charge in [0.15, 0.2) is 0 Å². The molecule has 2 aromatic carbocycles. The lowest BCUT2D eigenvalue weighted by atomic mass is 9.96. The lowest BCUT2D eigenvalue weighted by Gasteiger charge is -2.36. The van der Waals surface area contributed by atoms with Crippen LogP contribution in [0.2, 0.25) is 5.02 Å². The van der Waals surface area contributed by atoms with Crippen LogP contribution in [0.15, 0.2) is 54.6 Å². The summed E-state index contributed by atoms with van der Waals surface area (Å²) in [7, 11) is 0. The molecule has 0 spiro atoms. The van der Waals surface area contributed by atoms with Crippen LogP contribution in [0.4, 0.5) is 5.69 Å². The highest BCUT2D eigenvalue weighted by atomic mass is 35.5. The van der Waals surface area contributed by atoms with Crippen molar-refractivity contribution in [1.82, 2.24) is 10.2 Å². The number of rotatable bonds is 6. The van der Waals surface area contributed by atoms with E-state index in [9.17, 15) is 4.79 Å². The second-order valence-corrected chi connectivity index (χ2v) is 7.82. The van der Waals surface area contributed by atoms with E-state index in [1.807, 2.05) is 36.4 Å². The van der Waals surface area contributed by atoms with Crippen LogP contribution >= 0.6 is 11.6 Å². The molecule has 1 amide bonds. The second-order valence-electron chi connectivity index (χ2n) is 7.41. The zero-order valence-corrected chi connectivity index (χ0v) is 16.8. The maximum atomic E-state index is 12.6. The predicted molar refractivity (Wildman–Crippen MR) is 112 cm³/mol. The quantitative estimate of drug-likeness (QED) is 0.817. The maximum Gasteiger partial charge on any atom is 0.234 e. The van der Waals surface area contributed by atoms with Crippen molar-refractivity contribution in [2.24, 2.45) is 5.92 Å². The van der Waals surface area contributed by atoms with Gasteiger partial charge in [-0.2, -0.15) is 0 Å². The molecule has 27 heavy (non-hydrogen) atoms. The van der Waals surface area contributed by atoms with Gasteiger partial charge < -0.3 is 10.2 Å². The van der Waals surface area contributed by atoms with E-state index < -0.39 is 0 Å². The summed E-state index contributed by atoms with van der Waals surface area (Å²) in [5, 5.41) is 4.00. The van der Waals surface area contributed by atoms with E-state index in [1.54, 1.807) is 0 Å². The molecule has 1 heterocycles. The van der Waals surface area contributed by atoms with Gasteiger partial charge in [-0.1, -0.05) is 67.9 Å². The number of halogens is 1. The van der Waals surface area contributed by atoms with Crippen LogP contribution in [0.25, 0.3) is 0 Å². The predicted octanol–water partition coefficient (Wildman–Crippen LogP) is 3.98. The van der Waals surface area contributed by atoms with Crippen LogP contribution in [0.1, 0.15) is 25.5 Å². The molecule has 1 N–H and O–H groups in total. The van der Waals surface area contributed by atoms with Crippen LogP contribution in [0.3, 0.4) is 0 Å². The molecule has 0 radical (unpaired) electrons. The zero-order valence-electron chi connectivity index (χ0n) is 16.1. The minimum absolute atomic E-state index is 0.0446. The molecule has 1 atom stereocenters. The molecule has 0 saturated carbocycles. The fourth-order valence-corrected chi connectivity index (χ4v) is 3.83. The Bertz CT molecular complexity index is 742. The fourth-order valence-electron chi connectivity index (χ4n) is 3.57. The third-order valence-corrected chi connectivity index (χ3v) is 5.39. The van der Waals surface area contributed by atoms with Crippen LogP contribution in [0, 0.1) is 5.92 Å². The number of nitrogens with one attached hydrogen (secondary N) is 1. The lowest BCUT2D eigenvalue weighted by molar-refractivity contribution is -0.123. The molecule has 144 valence electrons. The first-order chi connectivity index (χ1) is 13.0. The first kappa shape index (κ1) is 19.7. The molecule has 1 fully saturated rings. The number of amides is 1. The number of anilines is 1. The summed E-state index contributed by atoms with van der Waals surface area (Å²) >= 11 is 6.30. The van der Waals surface area contributed by atoms with Gasteiger partial charge in [-0.05, 0) is 23.6 Å². The van der Waals surface area contributed by atoms with E-state index in [4.69, 9.17) is 11.6 Å². The van der Waals surface area contributed by atoms with Crippen molar-refractivity contribution >= 4 is 23.2 Å². The Kier molecular flexibility index (Phi) is 6.75.